The van der Waals surface area contributed by atoms with Gasteiger partial charge in [0.15, 0.2) is 0 Å². The molecule has 0 atom stereocenters. The molecule has 1 saturated heterocycles. The Morgan fingerprint density at radius 2 is 2.16 bits per heavy atom. The van der Waals surface area contributed by atoms with Crippen molar-refractivity contribution >= 4 is 5.78 Å². The number of ketones is 1. The van der Waals surface area contributed by atoms with Gasteiger partial charge in [-0.25, -0.2) is 0 Å². The molecule has 104 valence electrons. The minimum atomic E-state index is 0.0296. The number of rotatable bonds is 6. The molecule has 0 amide bonds. The second-order valence-electron chi connectivity index (χ2n) is 5.36. The Hall–Kier alpha value is -1.35. The Morgan fingerprint density at radius 1 is 1.42 bits per heavy atom. The lowest BCUT2D eigenvalue weighted by Gasteiger charge is -2.42. The molecule has 1 aliphatic rings. The summed E-state index contributed by atoms with van der Waals surface area (Å²) >= 11 is 0. The van der Waals surface area contributed by atoms with E-state index in [-0.39, 0.29) is 11.2 Å². The first kappa shape index (κ1) is 14.1. The van der Waals surface area contributed by atoms with Gasteiger partial charge in [-0.15, -0.1) is 0 Å². The van der Waals surface area contributed by atoms with Crippen LogP contribution in [0.2, 0.25) is 0 Å². The number of benzene rings is 1. The molecule has 0 N–H and O–H groups in total. The maximum Gasteiger partial charge on any atom is 0.129 e. The number of hydrogen-bond donors (Lipinski definition) is 0. The predicted octanol–water partition coefficient (Wildman–Crippen LogP) is 2.89. The highest BCUT2D eigenvalue weighted by atomic mass is 16.5. The summed E-state index contributed by atoms with van der Waals surface area (Å²) in [7, 11) is 1.70. The SMILES string of the molecule is CCc1cc(C2(CCC(C)=O)COC2)ccc1OC. The summed E-state index contributed by atoms with van der Waals surface area (Å²) in [6, 6.07) is 6.35. The Labute approximate surface area is 114 Å². The summed E-state index contributed by atoms with van der Waals surface area (Å²) in [4.78, 5) is 11.2. The monoisotopic (exact) mass is 262 g/mol. The normalized spacial score (nSPS) is 16.8. The van der Waals surface area contributed by atoms with Gasteiger partial charge in [0.1, 0.15) is 11.5 Å². The van der Waals surface area contributed by atoms with E-state index in [1.807, 2.05) is 6.07 Å². The van der Waals surface area contributed by atoms with Crippen molar-refractivity contribution in [2.75, 3.05) is 20.3 Å². The summed E-state index contributed by atoms with van der Waals surface area (Å²) in [6.45, 7) is 5.21. The van der Waals surface area contributed by atoms with Crippen LogP contribution in [0.15, 0.2) is 18.2 Å². The maximum atomic E-state index is 11.2. The summed E-state index contributed by atoms with van der Waals surface area (Å²) in [6.07, 6.45) is 2.44. The van der Waals surface area contributed by atoms with Crippen molar-refractivity contribution in [2.24, 2.45) is 0 Å². The van der Waals surface area contributed by atoms with E-state index in [9.17, 15) is 4.79 Å². The molecule has 0 bridgehead atoms. The molecule has 0 aromatic heterocycles. The minimum absolute atomic E-state index is 0.0296. The number of Topliss-reactive ketones (excluding diaryl/α,β-unsaturated/α-hetero) is 1. The molecule has 1 aromatic rings. The summed E-state index contributed by atoms with van der Waals surface area (Å²) < 4.78 is 10.8. The molecular weight excluding hydrogens is 240 g/mol. The third-order valence-electron chi connectivity index (χ3n) is 3.99. The molecule has 0 saturated carbocycles. The van der Waals surface area contributed by atoms with Gasteiger partial charge in [0.2, 0.25) is 0 Å². The molecule has 3 heteroatoms. The van der Waals surface area contributed by atoms with E-state index in [4.69, 9.17) is 9.47 Å². The van der Waals surface area contributed by atoms with E-state index in [0.29, 0.717) is 6.42 Å². The number of hydrogen-bond acceptors (Lipinski definition) is 3. The standard InChI is InChI=1S/C16H22O3/c1-4-13-9-14(5-6-15(13)18-3)16(10-19-11-16)8-7-12(2)17/h5-6,9H,4,7-8,10-11H2,1-3H3. The van der Waals surface area contributed by atoms with Crippen molar-refractivity contribution in [3.63, 3.8) is 0 Å². The van der Waals surface area contributed by atoms with Crippen LogP contribution in [0, 0.1) is 0 Å². The van der Waals surface area contributed by atoms with Crippen molar-refractivity contribution in [1.29, 1.82) is 0 Å². The topological polar surface area (TPSA) is 35.5 Å². The van der Waals surface area contributed by atoms with E-state index in [1.54, 1.807) is 14.0 Å². The smallest absolute Gasteiger partial charge is 0.129 e. The van der Waals surface area contributed by atoms with Crippen molar-refractivity contribution in [3.05, 3.63) is 29.3 Å². The van der Waals surface area contributed by atoms with Crippen LogP contribution in [0.1, 0.15) is 37.8 Å². The van der Waals surface area contributed by atoms with Crippen LogP contribution < -0.4 is 4.74 Å². The lowest BCUT2D eigenvalue weighted by Crippen LogP contribution is -2.47. The third kappa shape index (κ3) is 2.81. The summed E-state index contributed by atoms with van der Waals surface area (Å²) in [5.74, 6) is 1.18. The van der Waals surface area contributed by atoms with E-state index < -0.39 is 0 Å². The molecule has 1 aliphatic heterocycles. The van der Waals surface area contributed by atoms with Gasteiger partial charge < -0.3 is 14.3 Å². The fraction of sp³-hybridized carbons (Fsp3) is 0.562. The molecule has 3 nitrogen and oxygen atoms in total. The number of carbonyl (C=O) groups excluding carboxylic acids is 1. The van der Waals surface area contributed by atoms with Gasteiger partial charge in [0.25, 0.3) is 0 Å². The molecule has 2 rings (SSSR count). The average Bonchev–Trinajstić information content (AvgIpc) is 2.36. The molecule has 0 aliphatic carbocycles. The Bertz CT molecular complexity index is 461. The zero-order chi connectivity index (χ0) is 13.9. The van der Waals surface area contributed by atoms with Gasteiger partial charge >= 0.3 is 0 Å². The quantitative estimate of drug-likeness (QED) is 0.790. The van der Waals surface area contributed by atoms with Gasteiger partial charge in [-0.3, -0.25) is 0 Å². The van der Waals surface area contributed by atoms with Gasteiger partial charge in [-0.2, -0.15) is 0 Å². The number of methoxy groups -OCH3 is 1. The van der Waals surface area contributed by atoms with Crippen molar-refractivity contribution in [2.45, 2.75) is 38.5 Å². The van der Waals surface area contributed by atoms with Crippen LogP contribution >= 0.6 is 0 Å². The zero-order valence-electron chi connectivity index (χ0n) is 12.0. The molecule has 0 unspecified atom stereocenters. The highest BCUT2D eigenvalue weighted by Gasteiger charge is 2.40. The lowest BCUT2D eigenvalue weighted by molar-refractivity contribution is -0.119. The van der Waals surface area contributed by atoms with E-state index in [2.05, 4.69) is 19.1 Å². The summed E-state index contributed by atoms with van der Waals surface area (Å²) in [5.41, 5.74) is 2.52. The van der Waals surface area contributed by atoms with Crippen molar-refractivity contribution in [1.82, 2.24) is 0 Å². The maximum absolute atomic E-state index is 11.2. The predicted molar refractivity (Wildman–Crippen MR) is 74.8 cm³/mol. The van der Waals surface area contributed by atoms with Crippen LogP contribution in [0.4, 0.5) is 0 Å². The molecule has 0 spiro atoms. The van der Waals surface area contributed by atoms with E-state index in [1.165, 1.54) is 11.1 Å². The fourth-order valence-corrected chi connectivity index (χ4v) is 2.60. The highest BCUT2D eigenvalue weighted by molar-refractivity contribution is 5.75. The molecule has 0 radical (unpaired) electrons. The van der Waals surface area contributed by atoms with Crippen LogP contribution in [-0.4, -0.2) is 26.1 Å². The number of aryl methyl sites for hydroxylation is 1. The molecule has 19 heavy (non-hydrogen) atoms. The number of ether oxygens (including phenoxy) is 2. The molecule has 1 fully saturated rings. The number of carbonyl (C=O) groups is 1. The van der Waals surface area contributed by atoms with Crippen LogP contribution in [-0.2, 0) is 21.4 Å². The second kappa shape index (κ2) is 5.74. The van der Waals surface area contributed by atoms with E-state index >= 15 is 0 Å². The van der Waals surface area contributed by atoms with Gasteiger partial charge in [0.05, 0.1) is 20.3 Å². The largest absolute Gasteiger partial charge is 0.496 e. The first-order chi connectivity index (χ1) is 9.11. The van der Waals surface area contributed by atoms with Crippen LogP contribution in [0.3, 0.4) is 0 Å². The average molecular weight is 262 g/mol. The third-order valence-corrected chi connectivity index (χ3v) is 3.99. The Kier molecular flexibility index (Phi) is 4.25. The van der Waals surface area contributed by atoms with E-state index in [0.717, 1.165) is 31.8 Å². The van der Waals surface area contributed by atoms with Crippen LogP contribution in [0.25, 0.3) is 0 Å². The summed E-state index contributed by atoms with van der Waals surface area (Å²) in [5, 5.41) is 0. The molecule has 1 aromatic carbocycles. The van der Waals surface area contributed by atoms with Crippen LogP contribution in [0.5, 0.6) is 5.75 Å². The van der Waals surface area contributed by atoms with Crippen molar-refractivity contribution < 1.29 is 14.3 Å². The van der Waals surface area contributed by atoms with Gasteiger partial charge in [0, 0.05) is 11.8 Å². The van der Waals surface area contributed by atoms with Gasteiger partial charge in [-0.1, -0.05) is 19.1 Å². The van der Waals surface area contributed by atoms with Gasteiger partial charge in [-0.05, 0) is 37.0 Å². The Morgan fingerprint density at radius 3 is 2.63 bits per heavy atom. The molecule has 1 heterocycles. The van der Waals surface area contributed by atoms with Crippen molar-refractivity contribution in [3.8, 4) is 5.75 Å². The second-order valence-corrected chi connectivity index (χ2v) is 5.36. The highest BCUT2D eigenvalue weighted by Crippen LogP contribution is 2.38. The first-order valence-corrected chi connectivity index (χ1v) is 6.86. The lowest BCUT2D eigenvalue weighted by atomic mass is 9.74. The zero-order valence-corrected chi connectivity index (χ0v) is 12.0. The Balaban J connectivity index is 2.25. The first-order valence-electron chi connectivity index (χ1n) is 6.86. The molecular formula is C16H22O3. The fourth-order valence-electron chi connectivity index (χ4n) is 2.60. The minimum Gasteiger partial charge on any atom is -0.496 e.